The molecular weight excluding hydrogens is 192 g/mol. The van der Waals surface area contributed by atoms with Crippen LogP contribution in [0.4, 0.5) is 4.79 Å². The van der Waals surface area contributed by atoms with E-state index < -0.39 is 25.5 Å². The number of hydrogen-bond donors (Lipinski definition) is 3. The van der Waals surface area contributed by atoms with Crippen molar-refractivity contribution in [3.63, 3.8) is 0 Å². The Kier molecular flexibility index (Phi) is 13.6. The Morgan fingerprint density at radius 2 is 1.64 bits per heavy atom. The second-order valence-electron chi connectivity index (χ2n) is 2.15. The Balaban J connectivity index is 0. The van der Waals surface area contributed by atoms with Gasteiger partial charge in [-0.05, 0) is 13.8 Å². The van der Waals surface area contributed by atoms with E-state index in [4.69, 9.17) is 20.1 Å². The summed E-state index contributed by atoms with van der Waals surface area (Å²) >= 11 is 0. The standard InChI is InChI=1S/C4H8O5.C4H10O/c5-1-3(2-6)9-4(7)8;1-3-5-4-2/h3,5-6H,1-2H2,(H,7,8);3-4H2,1-2H3. The molecule has 0 aliphatic heterocycles. The van der Waals surface area contributed by atoms with Crippen molar-refractivity contribution in [2.75, 3.05) is 26.4 Å². The molecular formula is C8H18O6. The molecule has 0 unspecified atom stereocenters. The molecule has 0 aromatic heterocycles. The third-order valence-corrected chi connectivity index (χ3v) is 1.08. The number of hydrogen-bond acceptors (Lipinski definition) is 5. The van der Waals surface area contributed by atoms with E-state index in [0.29, 0.717) is 0 Å². The highest BCUT2D eigenvalue weighted by Gasteiger charge is 2.09. The van der Waals surface area contributed by atoms with Crippen LogP contribution in [0.15, 0.2) is 0 Å². The van der Waals surface area contributed by atoms with Crippen molar-refractivity contribution >= 4 is 6.16 Å². The smallest absolute Gasteiger partial charge is 0.450 e. The van der Waals surface area contributed by atoms with E-state index in [0.717, 1.165) is 13.2 Å². The first-order valence-corrected chi connectivity index (χ1v) is 4.31. The van der Waals surface area contributed by atoms with E-state index in [-0.39, 0.29) is 0 Å². The minimum atomic E-state index is -1.50. The van der Waals surface area contributed by atoms with E-state index in [1.165, 1.54) is 0 Å². The minimum absolute atomic E-state index is 0.497. The molecule has 0 aliphatic rings. The molecule has 3 N–H and O–H groups in total. The molecule has 86 valence electrons. The van der Waals surface area contributed by atoms with Gasteiger partial charge in [0.2, 0.25) is 0 Å². The third kappa shape index (κ3) is 13.7. The van der Waals surface area contributed by atoms with Gasteiger partial charge < -0.3 is 24.8 Å². The van der Waals surface area contributed by atoms with Crippen molar-refractivity contribution < 1.29 is 29.6 Å². The SMILES string of the molecule is CCOCC.O=C(O)OC(CO)CO. The fourth-order valence-electron chi connectivity index (χ4n) is 0.479. The number of ether oxygens (including phenoxy) is 2. The molecule has 0 heterocycles. The summed E-state index contributed by atoms with van der Waals surface area (Å²) < 4.78 is 8.80. The Labute approximate surface area is 83.1 Å². The molecule has 0 aromatic rings. The summed E-state index contributed by atoms with van der Waals surface area (Å²) in [4.78, 5) is 9.68. The van der Waals surface area contributed by atoms with Crippen molar-refractivity contribution in [1.29, 1.82) is 0 Å². The average Bonchev–Trinajstić information content (AvgIpc) is 2.16. The van der Waals surface area contributed by atoms with E-state index >= 15 is 0 Å². The average molecular weight is 210 g/mol. The van der Waals surface area contributed by atoms with Crippen LogP contribution < -0.4 is 0 Å². The van der Waals surface area contributed by atoms with Crippen molar-refractivity contribution in [2.24, 2.45) is 0 Å². The lowest BCUT2D eigenvalue weighted by Gasteiger charge is -2.07. The van der Waals surface area contributed by atoms with Gasteiger partial charge in [0, 0.05) is 13.2 Å². The van der Waals surface area contributed by atoms with Gasteiger partial charge in [-0.2, -0.15) is 0 Å². The van der Waals surface area contributed by atoms with E-state index in [1.54, 1.807) is 0 Å². The summed E-state index contributed by atoms with van der Waals surface area (Å²) in [6.07, 6.45) is -2.51. The molecule has 6 nitrogen and oxygen atoms in total. The molecule has 6 heteroatoms. The van der Waals surface area contributed by atoms with E-state index in [9.17, 15) is 4.79 Å². The summed E-state index contributed by atoms with van der Waals surface area (Å²) in [6.45, 7) is 4.67. The van der Waals surface area contributed by atoms with Gasteiger partial charge in [-0.3, -0.25) is 0 Å². The Morgan fingerprint density at radius 1 is 1.21 bits per heavy atom. The van der Waals surface area contributed by atoms with Gasteiger partial charge in [0.05, 0.1) is 13.2 Å². The summed E-state index contributed by atoms with van der Waals surface area (Å²) in [5.41, 5.74) is 0. The topological polar surface area (TPSA) is 96.2 Å². The zero-order valence-corrected chi connectivity index (χ0v) is 8.47. The molecule has 0 saturated carbocycles. The number of aliphatic hydroxyl groups excluding tert-OH is 2. The van der Waals surface area contributed by atoms with E-state index in [2.05, 4.69) is 4.74 Å². The van der Waals surface area contributed by atoms with Gasteiger partial charge in [0.15, 0.2) is 6.10 Å². The molecule has 0 atom stereocenters. The van der Waals surface area contributed by atoms with Crippen LogP contribution in [0.25, 0.3) is 0 Å². The molecule has 0 radical (unpaired) electrons. The van der Waals surface area contributed by atoms with Crippen molar-refractivity contribution in [1.82, 2.24) is 0 Å². The Morgan fingerprint density at radius 3 is 1.71 bits per heavy atom. The number of carbonyl (C=O) groups is 1. The molecule has 0 rings (SSSR count). The molecule has 0 aliphatic carbocycles. The lowest BCUT2D eigenvalue weighted by molar-refractivity contribution is -0.00279. The van der Waals surface area contributed by atoms with Crippen molar-refractivity contribution in [3.05, 3.63) is 0 Å². The van der Waals surface area contributed by atoms with Crippen LogP contribution in [0.3, 0.4) is 0 Å². The fourth-order valence-corrected chi connectivity index (χ4v) is 0.479. The second kappa shape index (κ2) is 12.2. The van der Waals surface area contributed by atoms with Crippen LogP contribution in [0.5, 0.6) is 0 Å². The first kappa shape index (κ1) is 15.6. The highest BCUT2D eigenvalue weighted by molar-refractivity contribution is 5.57. The largest absolute Gasteiger partial charge is 0.506 e. The third-order valence-electron chi connectivity index (χ3n) is 1.08. The van der Waals surface area contributed by atoms with Crippen LogP contribution in [0, 0.1) is 0 Å². The number of rotatable bonds is 5. The van der Waals surface area contributed by atoms with Gasteiger partial charge in [-0.15, -0.1) is 0 Å². The maximum absolute atomic E-state index is 9.68. The van der Waals surface area contributed by atoms with E-state index in [1.807, 2.05) is 13.8 Å². The molecule has 0 aromatic carbocycles. The normalized spacial score (nSPS) is 9.21. The summed E-state index contributed by atoms with van der Waals surface area (Å²) in [7, 11) is 0. The van der Waals surface area contributed by atoms with Crippen LogP contribution in [0.1, 0.15) is 13.8 Å². The highest BCUT2D eigenvalue weighted by atomic mass is 16.7. The molecule has 0 fully saturated rings. The minimum Gasteiger partial charge on any atom is -0.450 e. The lowest BCUT2D eigenvalue weighted by Crippen LogP contribution is -2.24. The molecule has 0 spiro atoms. The van der Waals surface area contributed by atoms with Gasteiger partial charge >= 0.3 is 6.16 Å². The zero-order chi connectivity index (χ0) is 11.4. The molecule has 0 amide bonds. The maximum Gasteiger partial charge on any atom is 0.506 e. The summed E-state index contributed by atoms with van der Waals surface area (Å²) in [5.74, 6) is 0. The fraction of sp³-hybridized carbons (Fsp3) is 0.875. The molecule has 0 saturated heterocycles. The van der Waals surface area contributed by atoms with Crippen LogP contribution in [-0.4, -0.2) is 54.0 Å². The van der Waals surface area contributed by atoms with Gasteiger partial charge in [0.25, 0.3) is 0 Å². The number of carboxylic acid groups (broad SMARTS) is 1. The summed E-state index contributed by atoms with van der Waals surface area (Å²) in [5, 5.41) is 24.4. The van der Waals surface area contributed by atoms with Gasteiger partial charge in [-0.25, -0.2) is 4.79 Å². The predicted octanol–water partition coefficient (Wildman–Crippen LogP) is 0.0770. The highest BCUT2D eigenvalue weighted by Crippen LogP contribution is 1.88. The molecule has 14 heavy (non-hydrogen) atoms. The number of aliphatic hydroxyl groups is 2. The first-order valence-electron chi connectivity index (χ1n) is 4.31. The zero-order valence-electron chi connectivity index (χ0n) is 8.47. The van der Waals surface area contributed by atoms with Crippen molar-refractivity contribution in [3.8, 4) is 0 Å². The van der Waals surface area contributed by atoms with Gasteiger partial charge in [-0.1, -0.05) is 0 Å². The lowest BCUT2D eigenvalue weighted by atomic mass is 10.4. The quantitative estimate of drug-likeness (QED) is 0.556. The van der Waals surface area contributed by atoms with Gasteiger partial charge in [0.1, 0.15) is 0 Å². The van der Waals surface area contributed by atoms with Crippen LogP contribution in [-0.2, 0) is 9.47 Å². The Hall–Kier alpha value is -0.850. The molecule has 0 bridgehead atoms. The monoisotopic (exact) mass is 210 g/mol. The summed E-state index contributed by atoms with van der Waals surface area (Å²) in [6, 6.07) is 0. The van der Waals surface area contributed by atoms with Crippen molar-refractivity contribution in [2.45, 2.75) is 20.0 Å². The second-order valence-corrected chi connectivity index (χ2v) is 2.15. The Bertz CT molecular complexity index is 121. The predicted molar refractivity (Wildman–Crippen MR) is 49.2 cm³/mol. The van der Waals surface area contributed by atoms with Crippen LogP contribution >= 0.6 is 0 Å². The first-order chi connectivity index (χ1) is 6.62. The maximum atomic E-state index is 9.68. The van der Waals surface area contributed by atoms with Crippen LogP contribution in [0.2, 0.25) is 0 Å².